The average Bonchev–Trinajstić information content (AvgIpc) is 2.97. The molecular weight excluding hydrogens is 316 g/mol. The van der Waals surface area contributed by atoms with Crippen molar-refractivity contribution in [3.63, 3.8) is 0 Å². The Morgan fingerprint density at radius 2 is 1.96 bits per heavy atom. The first-order valence-corrected chi connectivity index (χ1v) is 9.27. The quantitative estimate of drug-likeness (QED) is 0.916. The third-order valence-electron chi connectivity index (χ3n) is 5.18. The number of hydrogen-bond acceptors (Lipinski definition) is 7. The lowest BCUT2D eigenvalue weighted by Gasteiger charge is -2.30. The number of hydrogen-bond donors (Lipinski definition) is 1. The third-order valence-corrected chi connectivity index (χ3v) is 5.18. The van der Waals surface area contributed by atoms with Gasteiger partial charge in [-0.2, -0.15) is 4.98 Å². The molecule has 7 nitrogen and oxygen atoms in total. The zero-order valence-electron chi connectivity index (χ0n) is 14.8. The summed E-state index contributed by atoms with van der Waals surface area (Å²) in [4.78, 5) is 13.9. The molecule has 7 heteroatoms. The molecule has 2 aliphatic rings. The van der Waals surface area contributed by atoms with Crippen LogP contribution in [0.3, 0.4) is 0 Å². The fourth-order valence-corrected chi connectivity index (χ4v) is 3.58. The molecule has 2 aromatic heterocycles. The van der Waals surface area contributed by atoms with Crippen LogP contribution >= 0.6 is 0 Å². The monoisotopic (exact) mass is 342 g/mol. The molecule has 0 saturated carbocycles. The van der Waals surface area contributed by atoms with E-state index >= 15 is 0 Å². The van der Waals surface area contributed by atoms with Crippen molar-refractivity contribution in [1.29, 1.82) is 0 Å². The van der Waals surface area contributed by atoms with Gasteiger partial charge >= 0.3 is 0 Å². The van der Waals surface area contributed by atoms with Crippen molar-refractivity contribution >= 4 is 5.82 Å². The minimum Gasteiger partial charge on any atom is -0.357 e. The van der Waals surface area contributed by atoms with Crippen LogP contribution in [-0.2, 0) is 0 Å². The predicted molar refractivity (Wildman–Crippen MR) is 96.5 cm³/mol. The smallest absolute Gasteiger partial charge is 0.259 e. The van der Waals surface area contributed by atoms with Gasteiger partial charge in [0.25, 0.3) is 5.89 Å². The first kappa shape index (κ1) is 16.5. The Balaban J connectivity index is 1.48. The molecule has 25 heavy (non-hydrogen) atoms. The molecule has 0 amide bonds. The van der Waals surface area contributed by atoms with Crippen molar-refractivity contribution in [2.45, 2.75) is 31.7 Å². The topological polar surface area (TPSA) is 70.3 Å². The molecular formula is C18H26N6O. The maximum Gasteiger partial charge on any atom is 0.259 e. The Morgan fingerprint density at radius 1 is 1.12 bits per heavy atom. The molecule has 0 radical (unpaired) electrons. The summed E-state index contributed by atoms with van der Waals surface area (Å²) in [6, 6.07) is 4.27. The Kier molecular flexibility index (Phi) is 4.94. The number of aromatic nitrogens is 3. The summed E-state index contributed by atoms with van der Waals surface area (Å²) in [5, 5.41) is 7.57. The van der Waals surface area contributed by atoms with E-state index in [9.17, 15) is 0 Å². The van der Waals surface area contributed by atoms with E-state index in [-0.39, 0.29) is 6.04 Å². The number of anilines is 1. The Bertz CT molecular complexity index is 677. The molecule has 1 N–H and O–H groups in total. The first-order chi connectivity index (χ1) is 12.3. The van der Waals surface area contributed by atoms with Crippen LogP contribution in [0.2, 0.25) is 0 Å². The van der Waals surface area contributed by atoms with Gasteiger partial charge in [0.1, 0.15) is 5.82 Å². The normalized spacial score (nSPS) is 22.8. The lowest BCUT2D eigenvalue weighted by Crippen LogP contribution is -2.44. The highest BCUT2D eigenvalue weighted by Gasteiger charge is 2.25. The van der Waals surface area contributed by atoms with Crippen LogP contribution in [0, 0.1) is 0 Å². The molecule has 1 atom stereocenters. The summed E-state index contributed by atoms with van der Waals surface area (Å²) in [7, 11) is 2.10. The minimum atomic E-state index is 0.163. The molecule has 4 rings (SSSR count). The molecule has 2 aliphatic heterocycles. The van der Waals surface area contributed by atoms with Gasteiger partial charge in [-0.1, -0.05) is 18.0 Å². The fraction of sp³-hybridized carbons (Fsp3) is 0.611. The highest BCUT2D eigenvalue weighted by molar-refractivity contribution is 5.54. The lowest BCUT2D eigenvalue weighted by atomic mass is 10.2. The molecule has 1 unspecified atom stereocenters. The average molecular weight is 342 g/mol. The van der Waals surface area contributed by atoms with Crippen LogP contribution in [0.15, 0.2) is 22.9 Å². The summed E-state index contributed by atoms with van der Waals surface area (Å²) >= 11 is 0. The largest absolute Gasteiger partial charge is 0.357 e. The van der Waals surface area contributed by atoms with Gasteiger partial charge in [-0.25, -0.2) is 4.98 Å². The second kappa shape index (κ2) is 7.49. The highest BCUT2D eigenvalue weighted by Crippen LogP contribution is 2.24. The predicted octanol–water partition coefficient (Wildman–Crippen LogP) is 2.09. The van der Waals surface area contributed by atoms with Crippen LogP contribution in [0.4, 0.5) is 5.82 Å². The van der Waals surface area contributed by atoms with Gasteiger partial charge in [0.15, 0.2) is 5.82 Å². The zero-order chi connectivity index (χ0) is 17.1. The second-order valence-electron chi connectivity index (χ2n) is 6.96. The first-order valence-electron chi connectivity index (χ1n) is 9.27. The van der Waals surface area contributed by atoms with Gasteiger partial charge in [0.05, 0.1) is 11.6 Å². The van der Waals surface area contributed by atoms with Crippen molar-refractivity contribution in [1.82, 2.24) is 25.3 Å². The van der Waals surface area contributed by atoms with E-state index in [0.717, 1.165) is 49.9 Å². The van der Waals surface area contributed by atoms with Crippen molar-refractivity contribution in [2.75, 3.05) is 44.7 Å². The number of pyridine rings is 1. The minimum absolute atomic E-state index is 0.163. The van der Waals surface area contributed by atoms with Crippen LogP contribution < -0.4 is 10.2 Å². The van der Waals surface area contributed by atoms with Crippen molar-refractivity contribution < 1.29 is 4.52 Å². The van der Waals surface area contributed by atoms with E-state index in [1.54, 1.807) is 0 Å². The second-order valence-corrected chi connectivity index (χ2v) is 6.96. The maximum atomic E-state index is 5.49. The molecule has 2 aromatic rings. The summed E-state index contributed by atoms with van der Waals surface area (Å²) in [5.74, 6) is 2.33. The van der Waals surface area contributed by atoms with Gasteiger partial charge < -0.3 is 14.7 Å². The molecule has 2 saturated heterocycles. The van der Waals surface area contributed by atoms with Crippen LogP contribution in [0.25, 0.3) is 11.5 Å². The Morgan fingerprint density at radius 3 is 2.68 bits per heavy atom. The summed E-state index contributed by atoms with van der Waals surface area (Å²) in [6.07, 6.45) is 6.99. The van der Waals surface area contributed by atoms with E-state index in [4.69, 9.17) is 4.52 Å². The molecule has 0 bridgehead atoms. The van der Waals surface area contributed by atoms with Gasteiger partial charge in [0.2, 0.25) is 0 Å². The van der Waals surface area contributed by atoms with Gasteiger partial charge in [-0.3, -0.25) is 4.90 Å². The van der Waals surface area contributed by atoms with Crippen LogP contribution in [0.1, 0.15) is 37.5 Å². The summed E-state index contributed by atoms with van der Waals surface area (Å²) in [6.45, 7) is 5.03. The fourth-order valence-electron chi connectivity index (χ4n) is 3.58. The third kappa shape index (κ3) is 3.67. The SMILES string of the molecule is CN1CCNCC1c1noc(-c2ccc(N3CCCCCC3)nc2)n1. The Hall–Kier alpha value is -1.99. The Labute approximate surface area is 148 Å². The van der Waals surface area contributed by atoms with E-state index in [1.165, 1.54) is 25.7 Å². The summed E-state index contributed by atoms with van der Waals surface area (Å²) < 4.78 is 5.49. The molecule has 2 fully saturated rings. The van der Waals surface area contributed by atoms with E-state index < -0.39 is 0 Å². The van der Waals surface area contributed by atoms with E-state index in [0.29, 0.717) is 5.89 Å². The molecule has 0 aromatic carbocycles. The van der Waals surface area contributed by atoms with Crippen molar-refractivity contribution in [3.8, 4) is 11.5 Å². The number of rotatable bonds is 3. The molecule has 0 spiro atoms. The van der Waals surface area contributed by atoms with Gasteiger partial charge in [-0.05, 0) is 32.0 Å². The van der Waals surface area contributed by atoms with Crippen LogP contribution in [0.5, 0.6) is 0 Å². The molecule has 4 heterocycles. The maximum absolute atomic E-state index is 5.49. The zero-order valence-corrected chi connectivity index (χ0v) is 14.8. The highest BCUT2D eigenvalue weighted by atomic mass is 16.5. The molecule has 134 valence electrons. The van der Waals surface area contributed by atoms with Gasteiger partial charge in [-0.15, -0.1) is 0 Å². The number of likely N-dealkylation sites (N-methyl/N-ethyl adjacent to an activating group) is 1. The number of nitrogens with zero attached hydrogens (tertiary/aromatic N) is 5. The van der Waals surface area contributed by atoms with E-state index in [1.807, 2.05) is 12.3 Å². The number of nitrogens with one attached hydrogen (secondary N) is 1. The van der Waals surface area contributed by atoms with Crippen LogP contribution in [-0.4, -0.2) is 59.8 Å². The van der Waals surface area contributed by atoms with E-state index in [2.05, 4.69) is 43.4 Å². The number of piperazine rings is 1. The van der Waals surface area contributed by atoms with Crippen molar-refractivity contribution in [3.05, 3.63) is 24.2 Å². The summed E-state index contributed by atoms with van der Waals surface area (Å²) in [5.41, 5.74) is 0.878. The van der Waals surface area contributed by atoms with Gasteiger partial charge in [0, 0.05) is 38.9 Å². The van der Waals surface area contributed by atoms with Crippen molar-refractivity contribution in [2.24, 2.45) is 0 Å². The standard InChI is InChI=1S/C18H26N6O/c1-23-11-8-19-13-15(23)17-21-18(25-22-17)14-6-7-16(20-12-14)24-9-4-2-3-5-10-24/h6-7,12,15,19H,2-5,8-11,13H2,1H3. The lowest BCUT2D eigenvalue weighted by molar-refractivity contribution is 0.190. The molecule has 0 aliphatic carbocycles.